The molecule has 0 unspecified atom stereocenters. The molecule has 0 amide bonds. The number of nitrogens with zero attached hydrogens (tertiary/aromatic N) is 2. The first-order chi connectivity index (χ1) is 7.27. The maximum atomic E-state index is 4.64. The van der Waals surface area contributed by atoms with Gasteiger partial charge in [-0.15, -0.1) is 0 Å². The Morgan fingerprint density at radius 3 is 2.87 bits per heavy atom. The van der Waals surface area contributed by atoms with E-state index >= 15 is 0 Å². The Kier molecular flexibility index (Phi) is 3.21. The van der Waals surface area contributed by atoms with E-state index in [0.717, 1.165) is 37.7 Å². The summed E-state index contributed by atoms with van der Waals surface area (Å²) in [6, 6.07) is 4.30. The van der Waals surface area contributed by atoms with Gasteiger partial charge >= 0.3 is 0 Å². The fraction of sp³-hybridized carbons (Fsp3) is 0.583. The number of aromatic nitrogens is 1. The summed E-state index contributed by atoms with van der Waals surface area (Å²) in [6.07, 6.45) is 1.20. The van der Waals surface area contributed by atoms with Crippen molar-refractivity contribution in [1.82, 2.24) is 10.3 Å². The first-order valence-electron chi connectivity index (χ1n) is 5.67. The molecule has 3 nitrogen and oxygen atoms in total. The SMILES string of the molecule is Cc1ccc(N2CCCNCC2)nc1C. The van der Waals surface area contributed by atoms with Gasteiger partial charge in [0.15, 0.2) is 0 Å². The molecule has 1 fully saturated rings. The molecule has 1 N–H and O–H groups in total. The number of nitrogens with one attached hydrogen (secondary N) is 1. The van der Waals surface area contributed by atoms with Crippen molar-refractivity contribution in [3.05, 3.63) is 23.4 Å². The van der Waals surface area contributed by atoms with Crippen molar-refractivity contribution in [2.24, 2.45) is 0 Å². The van der Waals surface area contributed by atoms with Crippen molar-refractivity contribution in [3.8, 4) is 0 Å². The van der Waals surface area contributed by atoms with Crippen LogP contribution in [0.5, 0.6) is 0 Å². The Bertz CT molecular complexity index is 328. The van der Waals surface area contributed by atoms with Crippen molar-refractivity contribution in [2.45, 2.75) is 20.3 Å². The van der Waals surface area contributed by atoms with Gasteiger partial charge in [-0.2, -0.15) is 0 Å². The second-order valence-electron chi connectivity index (χ2n) is 4.16. The third-order valence-corrected chi connectivity index (χ3v) is 3.00. The maximum Gasteiger partial charge on any atom is 0.128 e. The van der Waals surface area contributed by atoms with Gasteiger partial charge in [-0.25, -0.2) is 4.98 Å². The van der Waals surface area contributed by atoms with Gasteiger partial charge in [0.05, 0.1) is 0 Å². The molecule has 1 aromatic heterocycles. The molecular weight excluding hydrogens is 186 g/mol. The van der Waals surface area contributed by atoms with Gasteiger partial charge in [0.2, 0.25) is 0 Å². The number of rotatable bonds is 1. The molecule has 0 radical (unpaired) electrons. The summed E-state index contributed by atoms with van der Waals surface area (Å²) in [5, 5.41) is 3.40. The van der Waals surface area contributed by atoms with E-state index in [1.807, 2.05) is 0 Å². The molecule has 0 aromatic carbocycles. The zero-order valence-corrected chi connectivity index (χ0v) is 9.58. The van der Waals surface area contributed by atoms with Crippen LogP contribution in [0.3, 0.4) is 0 Å². The van der Waals surface area contributed by atoms with E-state index in [0.29, 0.717) is 0 Å². The van der Waals surface area contributed by atoms with Crippen molar-refractivity contribution in [1.29, 1.82) is 0 Å². The quantitative estimate of drug-likeness (QED) is 0.753. The van der Waals surface area contributed by atoms with E-state index in [-0.39, 0.29) is 0 Å². The summed E-state index contributed by atoms with van der Waals surface area (Å²) in [7, 11) is 0. The molecule has 82 valence electrons. The second-order valence-corrected chi connectivity index (χ2v) is 4.16. The molecule has 1 aliphatic rings. The van der Waals surface area contributed by atoms with Gasteiger partial charge < -0.3 is 10.2 Å². The lowest BCUT2D eigenvalue weighted by Crippen LogP contribution is -2.28. The predicted octanol–water partition coefficient (Wildman–Crippen LogP) is 1.50. The number of pyridine rings is 1. The van der Waals surface area contributed by atoms with Gasteiger partial charge in [-0.3, -0.25) is 0 Å². The smallest absolute Gasteiger partial charge is 0.128 e. The van der Waals surface area contributed by atoms with E-state index in [2.05, 4.69) is 41.2 Å². The highest BCUT2D eigenvalue weighted by molar-refractivity contribution is 5.41. The molecule has 2 heterocycles. The molecule has 2 rings (SSSR count). The largest absolute Gasteiger partial charge is 0.355 e. The molecule has 1 aliphatic heterocycles. The van der Waals surface area contributed by atoms with Crippen LogP contribution in [0.15, 0.2) is 12.1 Å². The molecule has 3 heteroatoms. The van der Waals surface area contributed by atoms with Crippen LogP contribution >= 0.6 is 0 Å². The summed E-state index contributed by atoms with van der Waals surface area (Å²) in [5.41, 5.74) is 2.41. The molecule has 1 aromatic rings. The average molecular weight is 205 g/mol. The highest BCUT2D eigenvalue weighted by atomic mass is 15.2. The van der Waals surface area contributed by atoms with E-state index < -0.39 is 0 Å². The minimum Gasteiger partial charge on any atom is -0.355 e. The van der Waals surface area contributed by atoms with Gasteiger partial charge in [-0.05, 0) is 38.4 Å². The van der Waals surface area contributed by atoms with Crippen molar-refractivity contribution < 1.29 is 0 Å². The highest BCUT2D eigenvalue weighted by Gasteiger charge is 2.10. The van der Waals surface area contributed by atoms with Gasteiger partial charge in [0.25, 0.3) is 0 Å². The lowest BCUT2D eigenvalue weighted by Gasteiger charge is -2.21. The topological polar surface area (TPSA) is 28.2 Å². The van der Waals surface area contributed by atoms with Crippen LogP contribution in [0, 0.1) is 13.8 Å². The first kappa shape index (κ1) is 10.4. The van der Waals surface area contributed by atoms with E-state index in [4.69, 9.17) is 0 Å². The Morgan fingerprint density at radius 2 is 2.07 bits per heavy atom. The third-order valence-electron chi connectivity index (χ3n) is 3.00. The van der Waals surface area contributed by atoms with Crippen LogP contribution in [0.1, 0.15) is 17.7 Å². The fourth-order valence-electron chi connectivity index (χ4n) is 1.87. The normalized spacial score (nSPS) is 17.6. The molecule has 0 saturated carbocycles. The number of anilines is 1. The standard InChI is InChI=1S/C12H19N3/c1-10-4-5-12(14-11(10)2)15-8-3-6-13-7-9-15/h4-5,13H,3,6-9H2,1-2H3. The van der Waals surface area contributed by atoms with Crippen LogP contribution < -0.4 is 10.2 Å². The summed E-state index contributed by atoms with van der Waals surface area (Å²) in [5.74, 6) is 1.13. The first-order valence-corrected chi connectivity index (χ1v) is 5.67. The Balaban J connectivity index is 2.16. The summed E-state index contributed by atoms with van der Waals surface area (Å²) in [4.78, 5) is 7.00. The summed E-state index contributed by atoms with van der Waals surface area (Å²) in [6.45, 7) is 8.55. The number of hydrogen-bond acceptors (Lipinski definition) is 3. The van der Waals surface area contributed by atoms with Gasteiger partial charge in [-0.1, -0.05) is 6.07 Å². The average Bonchev–Trinajstić information content (AvgIpc) is 2.50. The van der Waals surface area contributed by atoms with Crippen LogP contribution in [-0.2, 0) is 0 Å². The Morgan fingerprint density at radius 1 is 1.20 bits per heavy atom. The van der Waals surface area contributed by atoms with E-state index in [9.17, 15) is 0 Å². The van der Waals surface area contributed by atoms with Crippen molar-refractivity contribution in [2.75, 3.05) is 31.1 Å². The van der Waals surface area contributed by atoms with Gasteiger partial charge in [0, 0.05) is 25.3 Å². The van der Waals surface area contributed by atoms with Crippen LogP contribution in [0.25, 0.3) is 0 Å². The number of aryl methyl sites for hydroxylation is 2. The lowest BCUT2D eigenvalue weighted by molar-refractivity contribution is 0.724. The maximum absolute atomic E-state index is 4.64. The van der Waals surface area contributed by atoms with E-state index in [1.54, 1.807) is 0 Å². The number of hydrogen-bond donors (Lipinski definition) is 1. The minimum atomic E-state index is 1.06. The predicted molar refractivity (Wildman–Crippen MR) is 63.4 cm³/mol. The monoisotopic (exact) mass is 205 g/mol. The van der Waals surface area contributed by atoms with Crippen LogP contribution in [0.2, 0.25) is 0 Å². The Labute approximate surface area is 91.5 Å². The summed E-state index contributed by atoms with van der Waals surface area (Å²) >= 11 is 0. The molecule has 0 atom stereocenters. The third kappa shape index (κ3) is 2.48. The molecule has 0 spiro atoms. The molecule has 15 heavy (non-hydrogen) atoms. The molecular formula is C12H19N3. The van der Waals surface area contributed by atoms with Gasteiger partial charge in [0.1, 0.15) is 5.82 Å². The molecule has 1 saturated heterocycles. The Hall–Kier alpha value is -1.09. The van der Waals surface area contributed by atoms with E-state index in [1.165, 1.54) is 12.0 Å². The van der Waals surface area contributed by atoms with Crippen molar-refractivity contribution in [3.63, 3.8) is 0 Å². The zero-order chi connectivity index (χ0) is 10.7. The zero-order valence-electron chi connectivity index (χ0n) is 9.58. The van der Waals surface area contributed by atoms with Crippen LogP contribution in [0.4, 0.5) is 5.82 Å². The fourth-order valence-corrected chi connectivity index (χ4v) is 1.87. The minimum absolute atomic E-state index is 1.06. The van der Waals surface area contributed by atoms with Crippen LogP contribution in [-0.4, -0.2) is 31.2 Å². The summed E-state index contributed by atoms with van der Waals surface area (Å²) < 4.78 is 0. The highest BCUT2D eigenvalue weighted by Crippen LogP contribution is 2.14. The molecule has 0 bridgehead atoms. The molecule has 0 aliphatic carbocycles. The second kappa shape index (κ2) is 4.62. The lowest BCUT2D eigenvalue weighted by atomic mass is 10.2. The van der Waals surface area contributed by atoms with Crippen molar-refractivity contribution >= 4 is 5.82 Å².